The van der Waals surface area contributed by atoms with E-state index >= 15 is 0 Å². The average molecular weight is 491 g/mol. The van der Waals surface area contributed by atoms with Crippen molar-refractivity contribution in [2.24, 2.45) is 0 Å². The Hall–Kier alpha value is -1.42. The second-order valence-corrected chi connectivity index (χ2v) is 10.8. The zero-order valence-corrected chi connectivity index (χ0v) is 20.2. The molecule has 5 rings (SSSR count). The fraction of sp³-hybridized carbons (Fsp3) is 0.478. The normalized spacial score (nSPS) is 17.6. The van der Waals surface area contributed by atoms with Crippen LogP contribution in [0.4, 0.5) is 5.82 Å². The molecule has 0 saturated carbocycles. The molecule has 0 unspecified atom stereocenters. The molecule has 6 nitrogen and oxygen atoms in total. The van der Waals surface area contributed by atoms with E-state index in [2.05, 4.69) is 10.2 Å². The van der Waals surface area contributed by atoms with Crippen LogP contribution < -0.4 is 5.32 Å². The SMILES string of the molecule is O[C@@H](CNc1nc(CSc2ccc(Cl)cc2)nc2sc3c(c12)CCC3)CN1CCOCC1. The van der Waals surface area contributed by atoms with Crippen LogP contribution in [-0.2, 0) is 23.3 Å². The van der Waals surface area contributed by atoms with Gasteiger partial charge in [0.15, 0.2) is 0 Å². The number of aliphatic hydroxyl groups excluding tert-OH is 1. The number of rotatable bonds is 8. The zero-order valence-electron chi connectivity index (χ0n) is 17.8. The number of nitrogens with zero attached hydrogens (tertiary/aromatic N) is 3. The first kappa shape index (κ1) is 22.4. The van der Waals surface area contributed by atoms with Crippen molar-refractivity contribution in [2.45, 2.75) is 36.0 Å². The number of β-amino-alcohol motifs (C(OH)–C–C–N with tert-alkyl or cyclic N) is 1. The van der Waals surface area contributed by atoms with Crippen LogP contribution in [-0.4, -0.2) is 65.5 Å². The molecule has 0 radical (unpaired) electrons. The lowest BCUT2D eigenvalue weighted by molar-refractivity contribution is 0.0171. The summed E-state index contributed by atoms with van der Waals surface area (Å²) in [6.07, 6.45) is 2.95. The number of anilines is 1. The Morgan fingerprint density at radius 2 is 2.00 bits per heavy atom. The fourth-order valence-electron chi connectivity index (χ4n) is 4.27. The summed E-state index contributed by atoms with van der Waals surface area (Å²) in [5.41, 5.74) is 1.40. The first-order chi connectivity index (χ1) is 15.7. The summed E-state index contributed by atoms with van der Waals surface area (Å²) in [5.74, 6) is 2.36. The number of aryl methyl sites for hydroxylation is 2. The van der Waals surface area contributed by atoms with Gasteiger partial charge < -0.3 is 15.2 Å². The number of aliphatic hydroxyl groups is 1. The van der Waals surface area contributed by atoms with E-state index in [9.17, 15) is 5.11 Å². The standard InChI is InChI=1S/C23H27ClN4O2S2/c24-15-4-6-17(7-5-15)31-14-20-26-22(21-18-2-1-3-19(18)32-23(21)27-20)25-12-16(29)13-28-8-10-30-11-9-28/h4-7,16,29H,1-3,8-14H2,(H,25,26,27)/t16-/m0/s1. The Morgan fingerprint density at radius 1 is 1.19 bits per heavy atom. The molecule has 1 atom stereocenters. The maximum atomic E-state index is 10.6. The summed E-state index contributed by atoms with van der Waals surface area (Å²) in [5, 5.41) is 16.0. The Bertz CT molecular complexity index is 1070. The molecule has 3 heterocycles. The van der Waals surface area contributed by atoms with Crippen LogP contribution in [0.15, 0.2) is 29.2 Å². The van der Waals surface area contributed by atoms with Crippen molar-refractivity contribution in [2.75, 3.05) is 44.7 Å². The highest BCUT2D eigenvalue weighted by atomic mass is 35.5. The number of thioether (sulfide) groups is 1. The molecule has 2 N–H and O–H groups in total. The summed E-state index contributed by atoms with van der Waals surface area (Å²) in [7, 11) is 0. The fourth-order valence-corrected chi connectivity index (χ4v) is 6.43. The second kappa shape index (κ2) is 10.2. The van der Waals surface area contributed by atoms with Gasteiger partial charge in [-0.2, -0.15) is 0 Å². The Morgan fingerprint density at radius 3 is 2.81 bits per heavy atom. The van der Waals surface area contributed by atoms with Gasteiger partial charge in [-0.05, 0) is 49.1 Å². The van der Waals surface area contributed by atoms with E-state index in [1.165, 1.54) is 16.9 Å². The largest absolute Gasteiger partial charge is 0.390 e. The second-order valence-electron chi connectivity index (χ2n) is 8.22. The summed E-state index contributed by atoms with van der Waals surface area (Å²) in [6.45, 7) is 4.34. The van der Waals surface area contributed by atoms with E-state index < -0.39 is 6.10 Å². The van der Waals surface area contributed by atoms with Gasteiger partial charge in [-0.3, -0.25) is 4.90 Å². The van der Waals surface area contributed by atoms with Gasteiger partial charge >= 0.3 is 0 Å². The lowest BCUT2D eigenvalue weighted by Crippen LogP contribution is -2.42. The van der Waals surface area contributed by atoms with Crippen molar-refractivity contribution in [1.82, 2.24) is 14.9 Å². The number of halogens is 1. The van der Waals surface area contributed by atoms with Gasteiger partial charge in [0.1, 0.15) is 16.5 Å². The molecule has 2 aliphatic rings. The molecule has 2 aromatic heterocycles. The Kier molecular flexibility index (Phi) is 7.16. The van der Waals surface area contributed by atoms with E-state index in [0.717, 1.165) is 70.9 Å². The molecular formula is C23H27ClN4O2S2. The molecule has 0 amide bonds. The predicted molar refractivity (Wildman–Crippen MR) is 132 cm³/mol. The van der Waals surface area contributed by atoms with Crippen molar-refractivity contribution in [3.8, 4) is 0 Å². The first-order valence-corrected chi connectivity index (χ1v) is 13.3. The van der Waals surface area contributed by atoms with E-state index in [0.29, 0.717) is 18.8 Å². The van der Waals surface area contributed by atoms with E-state index in [-0.39, 0.29) is 0 Å². The minimum atomic E-state index is -0.461. The monoisotopic (exact) mass is 490 g/mol. The number of nitrogens with one attached hydrogen (secondary N) is 1. The number of fused-ring (bicyclic) bond motifs is 3. The van der Waals surface area contributed by atoms with Crippen molar-refractivity contribution >= 4 is 50.7 Å². The Labute approximate surface area is 201 Å². The molecule has 3 aromatic rings. The lowest BCUT2D eigenvalue weighted by Gasteiger charge is -2.28. The number of ether oxygens (including phenoxy) is 1. The Balaban J connectivity index is 1.32. The zero-order chi connectivity index (χ0) is 21.9. The van der Waals surface area contributed by atoms with Crippen LogP contribution in [0.2, 0.25) is 5.02 Å². The van der Waals surface area contributed by atoms with E-state index in [4.69, 9.17) is 26.3 Å². The molecule has 1 aliphatic heterocycles. The number of hydrogen-bond donors (Lipinski definition) is 2. The molecule has 170 valence electrons. The lowest BCUT2D eigenvalue weighted by atomic mass is 10.2. The van der Waals surface area contributed by atoms with Crippen LogP contribution in [0.25, 0.3) is 10.2 Å². The first-order valence-electron chi connectivity index (χ1n) is 11.1. The summed E-state index contributed by atoms with van der Waals surface area (Å²) < 4.78 is 5.40. The van der Waals surface area contributed by atoms with Crippen molar-refractivity contribution in [3.05, 3.63) is 45.6 Å². The summed E-state index contributed by atoms with van der Waals surface area (Å²) in [6, 6.07) is 7.85. The minimum Gasteiger partial charge on any atom is -0.390 e. The van der Waals surface area contributed by atoms with Gasteiger partial charge in [0.25, 0.3) is 0 Å². The number of hydrogen-bond acceptors (Lipinski definition) is 8. The number of benzene rings is 1. The minimum absolute atomic E-state index is 0.461. The third-order valence-electron chi connectivity index (χ3n) is 5.87. The third-order valence-corrected chi connectivity index (χ3v) is 8.32. The molecule has 1 saturated heterocycles. The molecule has 32 heavy (non-hydrogen) atoms. The van der Waals surface area contributed by atoms with Crippen LogP contribution in [0, 0.1) is 0 Å². The van der Waals surface area contributed by atoms with Crippen LogP contribution in [0.3, 0.4) is 0 Å². The van der Waals surface area contributed by atoms with Crippen molar-refractivity contribution in [1.29, 1.82) is 0 Å². The maximum Gasteiger partial charge on any atom is 0.142 e. The van der Waals surface area contributed by atoms with Gasteiger partial charge in [-0.25, -0.2) is 9.97 Å². The molecular weight excluding hydrogens is 464 g/mol. The summed E-state index contributed by atoms with van der Waals surface area (Å²) >= 11 is 9.50. The smallest absolute Gasteiger partial charge is 0.142 e. The highest BCUT2D eigenvalue weighted by Crippen LogP contribution is 2.40. The van der Waals surface area contributed by atoms with E-state index in [1.807, 2.05) is 24.3 Å². The van der Waals surface area contributed by atoms with Gasteiger partial charge in [0.05, 0.1) is 30.5 Å². The number of aromatic nitrogens is 2. The number of morpholine rings is 1. The third kappa shape index (κ3) is 5.21. The average Bonchev–Trinajstić information content (AvgIpc) is 3.39. The summed E-state index contributed by atoms with van der Waals surface area (Å²) in [4.78, 5) is 15.7. The van der Waals surface area contributed by atoms with Crippen LogP contribution in [0.1, 0.15) is 22.7 Å². The highest BCUT2D eigenvalue weighted by molar-refractivity contribution is 7.98. The topological polar surface area (TPSA) is 70.5 Å². The van der Waals surface area contributed by atoms with Crippen LogP contribution in [0.5, 0.6) is 0 Å². The van der Waals surface area contributed by atoms with Gasteiger partial charge in [-0.15, -0.1) is 23.1 Å². The number of thiophene rings is 1. The molecule has 1 fully saturated rings. The molecule has 1 aliphatic carbocycles. The van der Waals surface area contributed by atoms with Crippen molar-refractivity contribution < 1.29 is 9.84 Å². The highest BCUT2D eigenvalue weighted by Gasteiger charge is 2.23. The molecule has 1 aromatic carbocycles. The maximum absolute atomic E-state index is 10.6. The molecule has 9 heteroatoms. The molecule has 0 bridgehead atoms. The van der Waals surface area contributed by atoms with E-state index in [1.54, 1.807) is 23.1 Å². The van der Waals surface area contributed by atoms with Crippen molar-refractivity contribution in [3.63, 3.8) is 0 Å². The van der Waals surface area contributed by atoms with Crippen LogP contribution >= 0.6 is 34.7 Å². The molecule has 0 spiro atoms. The predicted octanol–water partition coefficient (Wildman–Crippen LogP) is 4.23. The van der Waals surface area contributed by atoms with Gasteiger partial charge in [0.2, 0.25) is 0 Å². The van der Waals surface area contributed by atoms with Gasteiger partial charge in [0, 0.05) is 41.0 Å². The quantitative estimate of drug-likeness (QED) is 0.458. The van der Waals surface area contributed by atoms with Gasteiger partial charge in [-0.1, -0.05) is 11.6 Å².